The predicted molar refractivity (Wildman–Crippen MR) is 76.0 cm³/mol. The number of hydrogen-bond donors (Lipinski definition) is 0. The lowest BCUT2D eigenvalue weighted by atomic mass is 10.1. The first kappa shape index (κ1) is 15.1. The van der Waals surface area contributed by atoms with E-state index in [4.69, 9.17) is 0 Å². The van der Waals surface area contributed by atoms with Crippen LogP contribution in [0.3, 0.4) is 0 Å². The van der Waals surface area contributed by atoms with Gasteiger partial charge in [-0.2, -0.15) is 13.2 Å². The minimum atomic E-state index is -4.52. The van der Waals surface area contributed by atoms with Crippen LogP contribution >= 0.6 is 0 Å². The normalized spacial score (nSPS) is 11.2. The molecule has 5 heteroatoms. The number of hydrogen-bond acceptors (Lipinski definition) is 2. The van der Waals surface area contributed by atoms with Gasteiger partial charge in [-0.3, -0.25) is 4.79 Å². The maximum atomic E-state index is 13.2. The van der Waals surface area contributed by atoms with E-state index in [9.17, 15) is 18.0 Å². The van der Waals surface area contributed by atoms with Crippen molar-refractivity contribution in [3.05, 3.63) is 59.7 Å². The summed E-state index contributed by atoms with van der Waals surface area (Å²) in [6, 6.07) is 12.4. The molecule has 0 radical (unpaired) electrons. The quantitative estimate of drug-likeness (QED) is 0.763. The molecule has 0 aromatic heterocycles. The number of para-hydroxylation sites is 1. The smallest absolute Gasteiger partial charge is 0.341 e. The van der Waals surface area contributed by atoms with Gasteiger partial charge in [-0.05, 0) is 37.3 Å². The molecule has 2 aromatic rings. The fraction of sp³-hybridized carbons (Fsp3) is 0.188. The number of alkyl halides is 3. The van der Waals surface area contributed by atoms with Gasteiger partial charge in [-0.25, -0.2) is 0 Å². The van der Waals surface area contributed by atoms with Crippen LogP contribution in [-0.4, -0.2) is 12.8 Å². The van der Waals surface area contributed by atoms with Gasteiger partial charge in [-0.15, -0.1) is 0 Å². The molecular formula is C16H14F3NO. The van der Waals surface area contributed by atoms with Crippen LogP contribution < -0.4 is 4.90 Å². The average Bonchev–Trinajstić information content (AvgIpc) is 2.48. The van der Waals surface area contributed by atoms with Crippen molar-refractivity contribution in [3.63, 3.8) is 0 Å². The van der Waals surface area contributed by atoms with Crippen molar-refractivity contribution in [2.24, 2.45) is 0 Å². The molecule has 21 heavy (non-hydrogen) atoms. The van der Waals surface area contributed by atoms with E-state index in [0.717, 1.165) is 6.07 Å². The first-order chi connectivity index (χ1) is 9.97. The van der Waals surface area contributed by atoms with Crippen LogP contribution in [0.15, 0.2) is 48.5 Å². The molecule has 0 fully saturated rings. The van der Waals surface area contributed by atoms with Crippen LogP contribution in [0.5, 0.6) is 0 Å². The second kappa shape index (κ2) is 5.99. The summed E-state index contributed by atoms with van der Waals surface area (Å²) in [5.41, 5.74) is -0.0841. The molecule has 2 rings (SSSR count). The molecule has 0 bridgehead atoms. The molecule has 0 saturated carbocycles. The van der Waals surface area contributed by atoms with Crippen molar-refractivity contribution < 1.29 is 18.0 Å². The summed E-state index contributed by atoms with van der Waals surface area (Å²) in [5, 5.41) is 0. The van der Waals surface area contributed by atoms with Gasteiger partial charge in [0.2, 0.25) is 0 Å². The van der Waals surface area contributed by atoms with Gasteiger partial charge in [0.15, 0.2) is 0 Å². The van der Waals surface area contributed by atoms with Crippen molar-refractivity contribution in [1.82, 2.24) is 0 Å². The highest BCUT2D eigenvalue weighted by Crippen LogP contribution is 2.39. The Hall–Kier alpha value is -2.30. The molecule has 0 spiro atoms. The van der Waals surface area contributed by atoms with Crippen molar-refractivity contribution in [2.45, 2.75) is 13.1 Å². The number of nitrogens with zero attached hydrogens (tertiary/aromatic N) is 1. The Morgan fingerprint density at radius 3 is 2.29 bits per heavy atom. The maximum Gasteiger partial charge on any atom is 0.418 e. The highest BCUT2D eigenvalue weighted by atomic mass is 19.4. The average molecular weight is 293 g/mol. The number of anilines is 2. The molecule has 0 saturated heterocycles. The molecule has 0 aliphatic carbocycles. The highest BCUT2D eigenvalue weighted by molar-refractivity contribution is 5.78. The molecule has 0 aliphatic rings. The first-order valence-corrected chi connectivity index (χ1v) is 6.46. The maximum absolute atomic E-state index is 13.2. The monoisotopic (exact) mass is 293 g/mol. The third-order valence-electron chi connectivity index (χ3n) is 3.14. The van der Waals surface area contributed by atoms with E-state index in [0.29, 0.717) is 18.5 Å². The van der Waals surface area contributed by atoms with E-state index >= 15 is 0 Å². The molecule has 0 aliphatic heterocycles. The first-order valence-electron chi connectivity index (χ1n) is 6.46. The SMILES string of the molecule is CCN(c1ccccc1)c1ccc(C=O)cc1C(F)(F)F. The summed E-state index contributed by atoms with van der Waals surface area (Å²) in [4.78, 5) is 12.3. The Kier molecular flexibility index (Phi) is 4.31. The summed E-state index contributed by atoms with van der Waals surface area (Å²) in [6.07, 6.45) is -4.10. The lowest BCUT2D eigenvalue weighted by Crippen LogP contribution is -2.21. The van der Waals surface area contributed by atoms with Crippen LogP contribution in [0.1, 0.15) is 22.8 Å². The third-order valence-corrected chi connectivity index (χ3v) is 3.14. The summed E-state index contributed by atoms with van der Waals surface area (Å²) >= 11 is 0. The number of halogens is 3. The zero-order valence-electron chi connectivity index (χ0n) is 11.4. The molecule has 0 atom stereocenters. The van der Waals surface area contributed by atoms with E-state index in [-0.39, 0.29) is 11.3 Å². The zero-order valence-corrected chi connectivity index (χ0v) is 11.4. The van der Waals surface area contributed by atoms with Crippen LogP contribution in [-0.2, 0) is 6.18 Å². The van der Waals surface area contributed by atoms with Gasteiger partial charge >= 0.3 is 6.18 Å². The minimum Gasteiger partial charge on any atom is -0.341 e. The van der Waals surface area contributed by atoms with Gasteiger partial charge in [0.25, 0.3) is 0 Å². The summed E-state index contributed by atoms with van der Waals surface area (Å²) in [6.45, 7) is 2.16. The fourth-order valence-corrected chi connectivity index (χ4v) is 2.19. The van der Waals surface area contributed by atoms with Gasteiger partial charge in [0.1, 0.15) is 6.29 Å². The van der Waals surface area contributed by atoms with Crippen molar-refractivity contribution in [1.29, 1.82) is 0 Å². The van der Waals surface area contributed by atoms with Crippen LogP contribution in [0.2, 0.25) is 0 Å². The van der Waals surface area contributed by atoms with Gasteiger partial charge in [-0.1, -0.05) is 18.2 Å². The standard InChI is InChI=1S/C16H14F3NO/c1-2-20(13-6-4-3-5-7-13)15-9-8-12(11-21)10-14(15)16(17,18)19/h3-11H,2H2,1H3. The van der Waals surface area contributed by atoms with E-state index in [2.05, 4.69) is 0 Å². The Balaban J connectivity index is 2.58. The van der Waals surface area contributed by atoms with Crippen molar-refractivity contribution in [3.8, 4) is 0 Å². The van der Waals surface area contributed by atoms with Crippen LogP contribution in [0.25, 0.3) is 0 Å². The van der Waals surface area contributed by atoms with Crippen LogP contribution in [0, 0.1) is 0 Å². The van der Waals surface area contributed by atoms with Crippen molar-refractivity contribution >= 4 is 17.7 Å². The van der Waals surface area contributed by atoms with E-state index in [1.165, 1.54) is 12.1 Å². The fourth-order valence-electron chi connectivity index (χ4n) is 2.19. The second-order valence-corrected chi connectivity index (χ2v) is 4.47. The summed E-state index contributed by atoms with van der Waals surface area (Å²) in [7, 11) is 0. The molecule has 2 aromatic carbocycles. The molecule has 2 nitrogen and oxygen atoms in total. The van der Waals surface area contributed by atoms with E-state index in [1.807, 2.05) is 0 Å². The van der Waals surface area contributed by atoms with Gasteiger partial charge < -0.3 is 4.90 Å². The lowest BCUT2D eigenvalue weighted by molar-refractivity contribution is -0.137. The number of benzene rings is 2. The summed E-state index contributed by atoms with van der Waals surface area (Å²) < 4.78 is 39.7. The Morgan fingerprint density at radius 1 is 1.10 bits per heavy atom. The number of carbonyl (C=O) groups is 1. The minimum absolute atomic E-state index is 0.00943. The zero-order chi connectivity index (χ0) is 15.5. The Morgan fingerprint density at radius 2 is 1.76 bits per heavy atom. The second-order valence-electron chi connectivity index (χ2n) is 4.47. The largest absolute Gasteiger partial charge is 0.418 e. The molecule has 0 heterocycles. The van der Waals surface area contributed by atoms with Crippen molar-refractivity contribution in [2.75, 3.05) is 11.4 Å². The number of carbonyl (C=O) groups excluding carboxylic acids is 1. The Bertz CT molecular complexity index is 623. The van der Waals surface area contributed by atoms with E-state index < -0.39 is 11.7 Å². The summed E-state index contributed by atoms with van der Waals surface area (Å²) in [5.74, 6) is 0. The molecule has 110 valence electrons. The van der Waals surface area contributed by atoms with Crippen LogP contribution in [0.4, 0.5) is 24.5 Å². The number of rotatable bonds is 4. The Labute approximate surface area is 120 Å². The molecular weight excluding hydrogens is 279 g/mol. The van der Waals surface area contributed by atoms with Gasteiger partial charge in [0, 0.05) is 17.8 Å². The third kappa shape index (κ3) is 3.24. The topological polar surface area (TPSA) is 20.3 Å². The lowest BCUT2D eigenvalue weighted by Gasteiger charge is -2.26. The highest BCUT2D eigenvalue weighted by Gasteiger charge is 2.35. The molecule has 0 N–H and O–H groups in total. The van der Waals surface area contributed by atoms with E-state index in [1.54, 1.807) is 42.2 Å². The predicted octanol–water partition coefficient (Wildman–Crippen LogP) is 4.68. The number of aldehydes is 1. The molecule has 0 unspecified atom stereocenters. The van der Waals surface area contributed by atoms with Gasteiger partial charge in [0.05, 0.1) is 11.3 Å². The molecule has 0 amide bonds.